The van der Waals surface area contributed by atoms with Gasteiger partial charge in [0.2, 0.25) is 0 Å². The first-order valence-corrected chi connectivity index (χ1v) is 7.33. The summed E-state index contributed by atoms with van der Waals surface area (Å²) >= 11 is 1.88. The SMILES string of the molecule is OB(O)c1ccc(SCC2CCCCC2)cc1. The minimum Gasteiger partial charge on any atom is -0.423 e. The molecule has 0 bridgehead atoms. The molecule has 0 amide bonds. The standard InChI is InChI=1S/C13H19BO2S/c15-14(16)12-6-8-13(9-7-12)17-10-11-4-2-1-3-5-11/h6-9,11,15-16H,1-5,10H2. The molecule has 92 valence electrons. The molecule has 1 saturated carbocycles. The highest BCUT2D eigenvalue weighted by molar-refractivity contribution is 7.99. The molecule has 2 rings (SSSR count). The lowest BCUT2D eigenvalue weighted by molar-refractivity contribution is 0.391. The minimum absolute atomic E-state index is 0.562. The van der Waals surface area contributed by atoms with Gasteiger partial charge in [-0.1, -0.05) is 31.4 Å². The molecule has 2 nitrogen and oxygen atoms in total. The van der Waals surface area contributed by atoms with E-state index in [4.69, 9.17) is 10.0 Å². The zero-order valence-electron chi connectivity index (χ0n) is 10.0. The van der Waals surface area contributed by atoms with Crippen LogP contribution >= 0.6 is 11.8 Å². The topological polar surface area (TPSA) is 40.5 Å². The molecule has 0 heterocycles. The predicted molar refractivity (Wildman–Crippen MR) is 73.6 cm³/mol. The van der Waals surface area contributed by atoms with Crippen LogP contribution in [0.15, 0.2) is 29.2 Å². The molecule has 4 heteroatoms. The van der Waals surface area contributed by atoms with Gasteiger partial charge in [-0.3, -0.25) is 0 Å². The van der Waals surface area contributed by atoms with E-state index in [1.54, 1.807) is 12.1 Å². The molecule has 1 aromatic rings. The van der Waals surface area contributed by atoms with Crippen LogP contribution in [0, 0.1) is 5.92 Å². The van der Waals surface area contributed by atoms with E-state index in [0.29, 0.717) is 5.46 Å². The number of rotatable bonds is 4. The number of hydrogen-bond donors (Lipinski definition) is 2. The largest absolute Gasteiger partial charge is 0.488 e. The fraction of sp³-hybridized carbons (Fsp3) is 0.538. The van der Waals surface area contributed by atoms with Crippen LogP contribution in [-0.2, 0) is 0 Å². The summed E-state index contributed by atoms with van der Waals surface area (Å²) in [5.41, 5.74) is 0.562. The average molecular weight is 250 g/mol. The first-order chi connectivity index (χ1) is 8.25. The zero-order chi connectivity index (χ0) is 12.1. The third kappa shape index (κ3) is 4.05. The Morgan fingerprint density at radius 3 is 2.29 bits per heavy atom. The van der Waals surface area contributed by atoms with Crippen molar-refractivity contribution < 1.29 is 10.0 Å². The summed E-state index contributed by atoms with van der Waals surface area (Å²) in [5, 5.41) is 18.0. The Labute approximate surface area is 108 Å². The van der Waals surface area contributed by atoms with Gasteiger partial charge in [0.25, 0.3) is 0 Å². The molecule has 0 radical (unpaired) electrons. The van der Waals surface area contributed by atoms with Crippen LogP contribution in [0.1, 0.15) is 32.1 Å². The smallest absolute Gasteiger partial charge is 0.423 e. The molecular weight excluding hydrogens is 231 g/mol. The monoisotopic (exact) mass is 250 g/mol. The zero-order valence-corrected chi connectivity index (χ0v) is 10.8. The third-order valence-corrected chi connectivity index (χ3v) is 4.63. The maximum absolute atomic E-state index is 9.00. The van der Waals surface area contributed by atoms with E-state index in [1.165, 1.54) is 42.8 Å². The first kappa shape index (κ1) is 13.0. The fourth-order valence-corrected chi connectivity index (χ4v) is 3.39. The highest BCUT2D eigenvalue weighted by atomic mass is 32.2. The van der Waals surface area contributed by atoms with Crippen molar-refractivity contribution in [2.24, 2.45) is 5.92 Å². The quantitative estimate of drug-likeness (QED) is 0.634. The van der Waals surface area contributed by atoms with Gasteiger partial charge in [0.05, 0.1) is 0 Å². The Balaban J connectivity index is 1.82. The van der Waals surface area contributed by atoms with Crippen LogP contribution in [0.5, 0.6) is 0 Å². The summed E-state index contributed by atoms with van der Waals surface area (Å²) in [6.45, 7) is 0. The molecule has 1 fully saturated rings. The molecule has 2 N–H and O–H groups in total. The molecule has 1 aliphatic rings. The molecule has 0 unspecified atom stereocenters. The van der Waals surface area contributed by atoms with Gasteiger partial charge < -0.3 is 10.0 Å². The van der Waals surface area contributed by atoms with Crippen molar-refractivity contribution in [3.63, 3.8) is 0 Å². The van der Waals surface area contributed by atoms with Crippen LogP contribution in [-0.4, -0.2) is 22.9 Å². The van der Waals surface area contributed by atoms with Gasteiger partial charge >= 0.3 is 7.12 Å². The van der Waals surface area contributed by atoms with Gasteiger partial charge in [-0.05, 0) is 36.4 Å². The summed E-state index contributed by atoms with van der Waals surface area (Å²) in [5.74, 6) is 2.07. The van der Waals surface area contributed by atoms with Gasteiger partial charge in [-0.25, -0.2) is 0 Å². The molecule has 1 aromatic carbocycles. The lowest BCUT2D eigenvalue weighted by Gasteiger charge is -2.20. The maximum Gasteiger partial charge on any atom is 0.488 e. The van der Waals surface area contributed by atoms with Crippen molar-refractivity contribution in [3.8, 4) is 0 Å². The van der Waals surface area contributed by atoms with E-state index in [-0.39, 0.29) is 0 Å². The van der Waals surface area contributed by atoms with E-state index < -0.39 is 7.12 Å². The number of benzene rings is 1. The molecule has 0 spiro atoms. The Morgan fingerprint density at radius 1 is 1.06 bits per heavy atom. The van der Waals surface area contributed by atoms with Crippen LogP contribution in [0.4, 0.5) is 0 Å². The van der Waals surface area contributed by atoms with Crippen LogP contribution in [0.25, 0.3) is 0 Å². The molecule has 0 aliphatic heterocycles. The van der Waals surface area contributed by atoms with Gasteiger partial charge in [-0.15, -0.1) is 11.8 Å². The molecule has 0 saturated heterocycles. The summed E-state index contributed by atoms with van der Waals surface area (Å²) in [6.07, 6.45) is 6.94. The van der Waals surface area contributed by atoms with Crippen molar-refractivity contribution >= 4 is 24.3 Å². The molecule has 17 heavy (non-hydrogen) atoms. The fourth-order valence-electron chi connectivity index (χ4n) is 2.30. The van der Waals surface area contributed by atoms with Crippen molar-refractivity contribution in [2.75, 3.05) is 5.75 Å². The van der Waals surface area contributed by atoms with Crippen molar-refractivity contribution in [1.29, 1.82) is 0 Å². The first-order valence-electron chi connectivity index (χ1n) is 6.34. The lowest BCUT2D eigenvalue weighted by Crippen LogP contribution is -2.29. The Morgan fingerprint density at radius 2 is 1.71 bits per heavy atom. The van der Waals surface area contributed by atoms with E-state index >= 15 is 0 Å². The molecule has 0 atom stereocenters. The highest BCUT2D eigenvalue weighted by Gasteiger charge is 2.14. The van der Waals surface area contributed by atoms with E-state index in [9.17, 15) is 0 Å². The van der Waals surface area contributed by atoms with Gasteiger partial charge in [0.15, 0.2) is 0 Å². The van der Waals surface area contributed by atoms with Crippen molar-refractivity contribution in [3.05, 3.63) is 24.3 Å². The second-order valence-electron chi connectivity index (χ2n) is 4.76. The predicted octanol–water partition coefficient (Wildman–Crippen LogP) is 2.04. The Kier molecular flexibility index (Phi) is 4.95. The van der Waals surface area contributed by atoms with Crippen LogP contribution in [0.3, 0.4) is 0 Å². The lowest BCUT2D eigenvalue weighted by atomic mass is 9.81. The van der Waals surface area contributed by atoms with Crippen LogP contribution < -0.4 is 5.46 Å². The highest BCUT2D eigenvalue weighted by Crippen LogP contribution is 2.29. The normalized spacial score (nSPS) is 17.1. The number of hydrogen-bond acceptors (Lipinski definition) is 3. The minimum atomic E-state index is -1.35. The molecule has 0 aromatic heterocycles. The van der Waals surface area contributed by atoms with Crippen molar-refractivity contribution in [2.45, 2.75) is 37.0 Å². The summed E-state index contributed by atoms with van der Waals surface area (Å²) in [6, 6.07) is 7.52. The summed E-state index contributed by atoms with van der Waals surface area (Å²) in [4.78, 5) is 1.22. The second-order valence-corrected chi connectivity index (χ2v) is 5.85. The summed E-state index contributed by atoms with van der Waals surface area (Å²) in [7, 11) is -1.35. The third-order valence-electron chi connectivity index (χ3n) is 3.39. The van der Waals surface area contributed by atoms with E-state index in [2.05, 4.69) is 0 Å². The number of thioether (sulfide) groups is 1. The van der Waals surface area contributed by atoms with Crippen LogP contribution in [0.2, 0.25) is 0 Å². The van der Waals surface area contributed by atoms with Crippen molar-refractivity contribution in [1.82, 2.24) is 0 Å². The van der Waals surface area contributed by atoms with Gasteiger partial charge in [-0.2, -0.15) is 0 Å². The maximum atomic E-state index is 9.00. The second kappa shape index (κ2) is 6.48. The Bertz CT molecular complexity index is 334. The van der Waals surface area contributed by atoms with E-state index in [0.717, 1.165) is 5.92 Å². The Hall–Kier alpha value is -0.445. The van der Waals surface area contributed by atoms with Gasteiger partial charge in [0.1, 0.15) is 0 Å². The molecular formula is C13H19BO2S. The summed E-state index contributed by atoms with van der Waals surface area (Å²) < 4.78 is 0. The molecule has 1 aliphatic carbocycles. The average Bonchev–Trinajstić information content (AvgIpc) is 2.38. The van der Waals surface area contributed by atoms with E-state index in [1.807, 2.05) is 23.9 Å². The van der Waals surface area contributed by atoms with Gasteiger partial charge in [0, 0.05) is 10.6 Å².